The van der Waals surface area contributed by atoms with E-state index in [0.29, 0.717) is 12.2 Å². The van der Waals surface area contributed by atoms with Crippen LogP contribution in [0.15, 0.2) is 24.4 Å². The first-order valence-corrected chi connectivity index (χ1v) is 6.14. The summed E-state index contributed by atoms with van der Waals surface area (Å²) in [5, 5.41) is 12.5. The van der Waals surface area contributed by atoms with Gasteiger partial charge in [0.1, 0.15) is 0 Å². The van der Waals surface area contributed by atoms with Gasteiger partial charge in [-0.25, -0.2) is 4.79 Å². The summed E-state index contributed by atoms with van der Waals surface area (Å²) in [6, 6.07) is 5.28. The Morgan fingerprint density at radius 2 is 2.50 bits per heavy atom. The van der Waals surface area contributed by atoms with Crippen LogP contribution in [0.1, 0.15) is 25.5 Å². The molecule has 0 saturated carbocycles. The molecule has 5 nitrogen and oxygen atoms in total. The molecular formula is C13H18N2O3. The summed E-state index contributed by atoms with van der Waals surface area (Å²) in [6.45, 7) is 2.92. The maximum absolute atomic E-state index is 11.5. The molecule has 0 bridgehead atoms. The highest BCUT2D eigenvalue weighted by Crippen LogP contribution is 2.20. The molecule has 1 aliphatic heterocycles. The third-order valence-electron chi connectivity index (χ3n) is 3.31. The number of hydrogen-bond donors (Lipinski definition) is 2. The number of aliphatic carboxylic acids is 1. The van der Waals surface area contributed by atoms with Crippen LogP contribution in [0.25, 0.3) is 0 Å². The minimum atomic E-state index is -1.17. The maximum atomic E-state index is 11.5. The fourth-order valence-electron chi connectivity index (χ4n) is 2.06. The Labute approximate surface area is 106 Å². The molecule has 2 rings (SSSR count). The smallest absolute Gasteiger partial charge is 0.329 e. The number of nitrogens with zero attached hydrogens (tertiary/aromatic N) is 1. The van der Waals surface area contributed by atoms with Crippen molar-refractivity contribution in [2.24, 2.45) is 0 Å². The molecule has 18 heavy (non-hydrogen) atoms. The van der Waals surface area contributed by atoms with Crippen LogP contribution in [-0.4, -0.2) is 35.3 Å². The number of nitrogens with one attached hydrogen (secondary N) is 1. The molecule has 5 heteroatoms. The molecule has 2 N–H and O–H groups in total. The fourth-order valence-corrected chi connectivity index (χ4v) is 2.06. The van der Waals surface area contributed by atoms with Crippen LogP contribution in [-0.2, 0) is 15.1 Å². The van der Waals surface area contributed by atoms with E-state index in [1.54, 1.807) is 31.3 Å². The van der Waals surface area contributed by atoms with Gasteiger partial charge in [-0.1, -0.05) is 6.07 Å². The van der Waals surface area contributed by atoms with Gasteiger partial charge in [0.2, 0.25) is 0 Å². The number of aromatic nitrogens is 1. The zero-order chi connectivity index (χ0) is 13.0. The van der Waals surface area contributed by atoms with E-state index in [2.05, 4.69) is 10.3 Å². The molecule has 1 aliphatic rings. The van der Waals surface area contributed by atoms with Gasteiger partial charge in [-0.2, -0.15) is 0 Å². The Balaban J connectivity index is 2.09. The van der Waals surface area contributed by atoms with Crippen molar-refractivity contribution in [1.82, 2.24) is 10.3 Å². The molecule has 0 amide bonds. The van der Waals surface area contributed by atoms with E-state index in [1.165, 1.54) is 0 Å². The van der Waals surface area contributed by atoms with E-state index < -0.39 is 11.5 Å². The Hall–Kier alpha value is -1.46. The minimum absolute atomic E-state index is 0.104. The van der Waals surface area contributed by atoms with Crippen LogP contribution in [0, 0.1) is 0 Å². The van der Waals surface area contributed by atoms with Crippen LogP contribution >= 0.6 is 0 Å². The molecule has 1 aromatic heterocycles. The maximum Gasteiger partial charge on any atom is 0.329 e. The van der Waals surface area contributed by atoms with Crippen molar-refractivity contribution in [2.75, 3.05) is 13.2 Å². The standard InChI is InChI=1S/C13H18N2O3/c1-13(12(16)17,11-6-2-3-7-14-11)15-9-10-5-4-8-18-10/h2-3,6-7,10,15H,4-5,8-9H2,1H3,(H,16,17). The average molecular weight is 250 g/mol. The highest BCUT2D eigenvalue weighted by atomic mass is 16.5. The van der Waals surface area contributed by atoms with Crippen molar-refractivity contribution in [1.29, 1.82) is 0 Å². The van der Waals surface area contributed by atoms with Crippen molar-refractivity contribution in [3.8, 4) is 0 Å². The fraction of sp³-hybridized carbons (Fsp3) is 0.538. The summed E-state index contributed by atoms with van der Waals surface area (Å²) in [5.41, 5.74) is -0.664. The summed E-state index contributed by atoms with van der Waals surface area (Å²) in [6.07, 6.45) is 3.72. The number of pyridine rings is 1. The van der Waals surface area contributed by atoms with Crippen molar-refractivity contribution in [2.45, 2.75) is 31.4 Å². The summed E-state index contributed by atoms with van der Waals surface area (Å²) in [7, 11) is 0. The van der Waals surface area contributed by atoms with Gasteiger partial charge in [-0.15, -0.1) is 0 Å². The van der Waals surface area contributed by atoms with Crippen molar-refractivity contribution >= 4 is 5.97 Å². The van der Waals surface area contributed by atoms with Crippen LogP contribution < -0.4 is 5.32 Å². The van der Waals surface area contributed by atoms with Crippen LogP contribution in [0.3, 0.4) is 0 Å². The first kappa shape index (κ1) is 13.0. The lowest BCUT2D eigenvalue weighted by Gasteiger charge is -2.27. The van der Waals surface area contributed by atoms with E-state index >= 15 is 0 Å². The van der Waals surface area contributed by atoms with E-state index in [-0.39, 0.29) is 6.10 Å². The highest BCUT2D eigenvalue weighted by molar-refractivity contribution is 5.79. The number of carboxylic acid groups (broad SMARTS) is 1. The number of carbonyl (C=O) groups is 1. The van der Waals surface area contributed by atoms with Gasteiger partial charge >= 0.3 is 5.97 Å². The Bertz CT molecular complexity index is 404. The van der Waals surface area contributed by atoms with Gasteiger partial charge in [-0.3, -0.25) is 10.3 Å². The van der Waals surface area contributed by atoms with Gasteiger partial charge in [-0.05, 0) is 31.9 Å². The highest BCUT2D eigenvalue weighted by Gasteiger charge is 2.37. The van der Waals surface area contributed by atoms with Crippen molar-refractivity contribution in [3.05, 3.63) is 30.1 Å². The lowest BCUT2D eigenvalue weighted by atomic mass is 9.96. The van der Waals surface area contributed by atoms with E-state index in [0.717, 1.165) is 19.4 Å². The molecule has 98 valence electrons. The summed E-state index contributed by atoms with van der Waals surface area (Å²) >= 11 is 0. The third kappa shape index (κ3) is 2.68. The molecule has 0 aliphatic carbocycles. The first-order chi connectivity index (χ1) is 8.63. The normalized spacial score (nSPS) is 22.6. The lowest BCUT2D eigenvalue weighted by molar-refractivity contribution is -0.145. The topological polar surface area (TPSA) is 71.5 Å². The van der Waals surface area contributed by atoms with Crippen LogP contribution in [0.4, 0.5) is 0 Å². The first-order valence-electron chi connectivity index (χ1n) is 6.14. The summed E-state index contributed by atoms with van der Waals surface area (Å²) in [4.78, 5) is 15.6. The van der Waals surface area contributed by atoms with Gasteiger partial charge in [0.15, 0.2) is 5.54 Å². The average Bonchev–Trinajstić information content (AvgIpc) is 2.90. The monoisotopic (exact) mass is 250 g/mol. The number of rotatable bonds is 5. The molecule has 0 radical (unpaired) electrons. The van der Waals surface area contributed by atoms with E-state index in [9.17, 15) is 9.90 Å². The largest absolute Gasteiger partial charge is 0.480 e. The predicted molar refractivity (Wildman–Crippen MR) is 66.2 cm³/mol. The van der Waals surface area contributed by atoms with Gasteiger partial charge in [0.25, 0.3) is 0 Å². The number of hydrogen-bond acceptors (Lipinski definition) is 4. The number of ether oxygens (including phenoxy) is 1. The van der Waals surface area contributed by atoms with Crippen molar-refractivity contribution < 1.29 is 14.6 Å². The second-order valence-corrected chi connectivity index (χ2v) is 4.66. The van der Waals surface area contributed by atoms with E-state index in [4.69, 9.17) is 4.74 Å². The Kier molecular flexibility index (Phi) is 3.93. The van der Waals surface area contributed by atoms with Crippen LogP contribution in [0.5, 0.6) is 0 Å². The molecule has 2 heterocycles. The molecule has 1 aromatic rings. The predicted octanol–water partition coefficient (Wildman–Crippen LogP) is 1.15. The summed E-state index contributed by atoms with van der Waals surface area (Å²) < 4.78 is 5.49. The molecule has 2 atom stereocenters. The van der Waals surface area contributed by atoms with Gasteiger partial charge < -0.3 is 9.84 Å². The molecule has 1 fully saturated rings. The van der Waals surface area contributed by atoms with E-state index in [1.807, 2.05) is 0 Å². The van der Waals surface area contributed by atoms with Gasteiger partial charge in [0.05, 0.1) is 11.8 Å². The Morgan fingerprint density at radius 1 is 1.67 bits per heavy atom. The number of carboxylic acids is 1. The third-order valence-corrected chi connectivity index (χ3v) is 3.31. The van der Waals surface area contributed by atoms with Crippen LogP contribution in [0.2, 0.25) is 0 Å². The second kappa shape index (κ2) is 5.46. The molecule has 2 unspecified atom stereocenters. The summed E-state index contributed by atoms with van der Waals surface area (Å²) in [5.74, 6) is -0.931. The zero-order valence-electron chi connectivity index (χ0n) is 10.4. The molecule has 0 aromatic carbocycles. The Morgan fingerprint density at radius 3 is 3.06 bits per heavy atom. The SMILES string of the molecule is CC(NCC1CCCO1)(C(=O)O)c1ccccn1. The van der Waals surface area contributed by atoms with Crippen molar-refractivity contribution in [3.63, 3.8) is 0 Å². The molecule has 0 spiro atoms. The second-order valence-electron chi connectivity index (χ2n) is 4.66. The molecule has 1 saturated heterocycles. The minimum Gasteiger partial charge on any atom is -0.480 e. The quantitative estimate of drug-likeness (QED) is 0.820. The zero-order valence-corrected chi connectivity index (χ0v) is 10.4. The lowest BCUT2D eigenvalue weighted by Crippen LogP contribution is -2.49. The van der Waals surface area contributed by atoms with Gasteiger partial charge in [0, 0.05) is 19.3 Å². The molecular weight excluding hydrogens is 232 g/mol.